The van der Waals surface area contributed by atoms with Gasteiger partial charge in [-0.1, -0.05) is 6.92 Å². The van der Waals surface area contributed by atoms with Gasteiger partial charge in [0.2, 0.25) is 5.88 Å². The molecule has 1 aliphatic rings. The number of aryl methyl sites for hydroxylation is 1. The lowest BCUT2D eigenvalue weighted by Gasteiger charge is -2.25. The Labute approximate surface area is 89.6 Å². The SMILES string of the molecule is C[C@@H]1C[C@@H](O)Oc2c1c(C(F)(F)F)nn2C. The van der Waals surface area contributed by atoms with Gasteiger partial charge < -0.3 is 9.84 Å². The van der Waals surface area contributed by atoms with Gasteiger partial charge in [0.05, 0.1) is 0 Å². The average Bonchev–Trinajstić information content (AvgIpc) is 2.43. The van der Waals surface area contributed by atoms with Gasteiger partial charge in [-0.25, -0.2) is 4.68 Å². The summed E-state index contributed by atoms with van der Waals surface area (Å²) in [6, 6.07) is 0. The summed E-state index contributed by atoms with van der Waals surface area (Å²) in [6.07, 6.45) is -5.42. The van der Waals surface area contributed by atoms with Crippen LogP contribution < -0.4 is 4.74 Å². The molecular formula is C9H11F3N2O2. The first kappa shape index (κ1) is 11.3. The summed E-state index contributed by atoms with van der Waals surface area (Å²) in [4.78, 5) is 0. The first-order valence-electron chi connectivity index (χ1n) is 4.79. The van der Waals surface area contributed by atoms with Crippen LogP contribution in [-0.4, -0.2) is 21.2 Å². The highest BCUT2D eigenvalue weighted by atomic mass is 19.4. The van der Waals surface area contributed by atoms with Crippen molar-refractivity contribution in [2.45, 2.75) is 31.7 Å². The lowest BCUT2D eigenvalue weighted by molar-refractivity contribution is -0.142. The third-order valence-corrected chi connectivity index (χ3v) is 2.59. The number of halogens is 3. The molecule has 0 spiro atoms. The number of ether oxygens (including phenoxy) is 1. The van der Waals surface area contributed by atoms with Crippen LogP contribution in [0.3, 0.4) is 0 Å². The van der Waals surface area contributed by atoms with E-state index in [2.05, 4.69) is 5.10 Å². The van der Waals surface area contributed by atoms with Crippen molar-refractivity contribution in [2.24, 2.45) is 7.05 Å². The van der Waals surface area contributed by atoms with Crippen molar-refractivity contribution >= 4 is 0 Å². The van der Waals surface area contributed by atoms with E-state index in [4.69, 9.17) is 4.74 Å². The molecule has 0 saturated heterocycles. The number of alkyl halides is 3. The van der Waals surface area contributed by atoms with E-state index in [1.807, 2.05) is 0 Å². The molecule has 0 saturated carbocycles. The number of aromatic nitrogens is 2. The number of rotatable bonds is 0. The monoisotopic (exact) mass is 236 g/mol. The first-order valence-corrected chi connectivity index (χ1v) is 4.79. The Kier molecular flexibility index (Phi) is 2.37. The summed E-state index contributed by atoms with van der Waals surface area (Å²) in [6.45, 7) is 1.61. The zero-order valence-electron chi connectivity index (χ0n) is 8.75. The molecule has 0 bridgehead atoms. The molecule has 1 aromatic rings. The van der Waals surface area contributed by atoms with Gasteiger partial charge in [-0.15, -0.1) is 0 Å². The molecule has 90 valence electrons. The highest BCUT2D eigenvalue weighted by molar-refractivity contribution is 5.38. The number of hydrogen-bond acceptors (Lipinski definition) is 3. The molecule has 16 heavy (non-hydrogen) atoms. The Hall–Kier alpha value is -1.24. The predicted octanol–water partition coefficient (Wildman–Crippen LogP) is 1.64. The van der Waals surface area contributed by atoms with Crippen LogP contribution in [0.4, 0.5) is 13.2 Å². The summed E-state index contributed by atoms with van der Waals surface area (Å²) in [7, 11) is 1.36. The standard InChI is InChI=1S/C9H11F3N2O2/c1-4-3-5(15)16-8-6(4)7(9(10,11)12)13-14(8)2/h4-5,15H,3H2,1-2H3/t4-,5+/m1/s1. The maximum absolute atomic E-state index is 12.7. The van der Waals surface area contributed by atoms with Crippen molar-refractivity contribution in [1.29, 1.82) is 0 Å². The number of fused-ring (bicyclic) bond motifs is 1. The van der Waals surface area contributed by atoms with Crippen LogP contribution in [-0.2, 0) is 13.2 Å². The molecule has 0 unspecified atom stereocenters. The van der Waals surface area contributed by atoms with Crippen molar-refractivity contribution in [3.63, 3.8) is 0 Å². The molecule has 1 aliphatic heterocycles. The second-order valence-corrected chi connectivity index (χ2v) is 3.90. The second kappa shape index (κ2) is 3.38. The van der Waals surface area contributed by atoms with Crippen LogP contribution in [0.2, 0.25) is 0 Å². The molecule has 2 rings (SSSR count). The zero-order valence-corrected chi connectivity index (χ0v) is 8.75. The van der Waals surface area contributed by atoms with Gasteiger partial charge in [-0.3, -0.25) is 0 Å². The van der Waals surface area contributed by atoms with E-state index in [-0.39, 0.29) is 17.9 Å². The van der Waals surface area contributed by atoms with Gasteiger partial charge in [0.15, 0.2) is 12.0 Å². The van der Waals surface area contributed by atoms with E-state index >= 15 is 0 Å². The smallest absolute Gasteiger partial charge is 0.435 e. The Morgan fingerprint density at radius 2 is 2.12 bits per heavy atom. The van der Waals surface area contributed by atoms with E-state index in [0.717, 1.165) is 4.68 Å². The number of nitrogens with zero attached hydrogens (tertiary/aromatic N) is 2. The number of aliphatic hydroxyl groups is 1. The molecule has 0 amide bonds. The fourth-order valence-corrected chi connectivity index (χ4v) is 1.92. The average molecular weight is 236 g/mol. The minimum atomic E-state index is -4.49. The fraction of sp³-hybridized carbons (Fsp3) is 0.667. The summed E-state index contributed by atoms with van der Waals surface area (Å²) in [5, 5.41) is 12.7. The molecule has 2 atom stereocenters. The van der Waals surface area contributed by atoms with Crippen LogP contribution in [0.15, 0.2) is 0 Å². The topological polar surface area (TPSA) is 47.3 Å². The molecule has 2 heterocycles. The van der Waals surface area contributed by atoms with Gasteiger partial charge in [0.1, 0.15) is 0 Å². The van der Waals surface area contributed by atoms with E-state index in [1.54, 1.807) is 6.92 Å². The fourth-order valence-electron chi connectivity index (χ4n) is 1.92. The van der Waals surface area contributed by atoms with Crippen molar-refractivity contribution in [3.05, 3.63) is 11.3 Å². The van der Waals surface area contributed by atoms with E-state index in [1.165, 1.54) is 7.05 Å². The lowest BCUT2D eigenvalue weighted by atomic mass is 9.95. The summed E-state index contributed by atoms with van der Waals surface area (Å²) < 4.78 is 44.0. The molecule has 0 fully saturated rings. The van der Waals surface area contributed by atoms with Gasteiger partial charge >= 0.3 is 6.18 Å². The number of aliphatic hydroxyl groups excluding tert-OH is 1. The van der Waals surface area contributed by atoms with E-state index in [0.29, 0.717) is 0 Å². The molecule has 0 aliphatic carbocycles. The number of hydrogen-bond donors (Lipinski definition) is 1. The molecule has 4 nitrogen and oxygen atoms in total. The Bertz CT molecular complexity index is 414. The normalized spacial score (nSPS) is 25.1. The second-order valence-electron chi connectivity index (χ2n) is 3.90. The van der Waals surface area contributed by atoms with E-state index in [9.17, 15) is 18.3 Å². The molecule has 1 N–H and O–H groups in total. The van der Waals surface area contributed by atoms with Crippen LogP contribution in [0.25, 0.3) is 0 Å². The quantitative estimate of drug-likeness (QED) is 0.745. The van der Waals surface area contributed by atoms with Crippen molar-refractivity contribution < 1.29 is 23.0 Å². The molecule has 0 radical (unpaired) electrons. The van der Waals surface area contributed by atoms with Gasteiger partial charge in [0, 0.05) is 19.0 Å². The zero-order chi connectivity index (χ0) is 12.1. The van der Waals surface area contributed by atoms with Crippen LogP contribution in [0.1, 0.15) is 30.5 Å². The van der Waals surface area contributed by atoms with Crippen LogP contribution in [0.5, 0.6) is 5.88 Å². The maximum atomic E-state index is 12.7. The van der Waals surface area contributed by atoms with Crippen molar-refractivity contribution in [1.82, 2.24) is 9.78 Å². The van der Waals surface area contributed by atoms with Crippen LogP contribution >= 0.6 is 0 Å². The van der Waals surface area contributed by atoms with Gasteiger partial charge in [-0.05, 0) is 5.92 Å². The summed E-state index contributed by atoms with van der Waals surface area (Å²) >= 11 is 0. The predicted molar refractivity (Wildman–Crippen MR) is 47.9 cm³/mol. The minimum absolute atomic E-state index is 0.00132. The van der Waals surface area contributed by atoms with Gasteiger partial charge in [0.25, 0.3) is 0 Å². The molecule has 1 aromatic heterocycles. The van der Waals surface area contributed by atoms with Crippen LogP contribution in [0, 0.1) is 0 Å². The summed E-state index contributed by atoms with van der Waals surface area (Å²) in [5.41, 5.74) is -0.898. The third-order valence-electron chi connectivity index (χ3n) is 2.59. The highest BCUT2D eigenvalue weighted by Crippen LogP contribution is 2.43. The maximum Gasteiger partial charge on any atom is 0.435 e. The Morgan fingerprint density at radius 1 is 1.50 bits per heavy atom. The van der Waals surface area contributed by atoms with Gasteiger partial charge in [-0.2, -0.15) is 18.3 Å². The third kappa shape index (κ3) is 1.64. The Balaban J connectivity index is 2.56. The van der Waals surface area contributed by atoms with E-state index < -0.39 is 24.1 Å². The molecular weight excluding hydrogens is 225 g/mol. The minimum Gasteiger partial charge on any atom is -0.448 e. The lowest BCUT2D eigenvalue weighted by Crippen LogP contribution is -2.25. The highest BCUT2D eigenvalue weighted by Gasteiger charge is 2.43. The Morgan fingerprint density at radius 3 is 2.69 bits per heavy atom. The largest absolute Gasteiger partial charge is 0.448 e. The first-order chi connectivity index (χ1) is 7.30. The molecule has 7 heteroatoms. The molecule has 0 aromatic carbocycles. The van der Waals surface area contributed by atoms with Crippen molar-refractivity contribution in [2.75, 3.05) is 0 Å². The summed E-state index contributed by atoms with van der Waals surface area (Å²) in [5.74, 6) is -0.428. The van der Waals surface area contributed by atoms with Crippen molar-refractivity contribution in [3.8, 4) is 5.88 Å².